The molecule has 2 aromatic rings. The molecule has 0 bridgehead atoms. The molecule has 1 aliphatic heterocycles. The highest BCUT2D eigenvalue weighted by atomic mass is 35.5. The first-order valence-corrected chi connectivity index (χ1v) is 8.04. The van der Waals surface area contributed by atoms with Crippen LogP contribution in [0.4, 0.5) is 10.1 Å². The fraction of sp³-hybridized carbons (Fsp3) is 0.316. The highest BCUT2D eigenvalue weighted by Gasteiger charge is 2.16. The molecule has 3 rings (SSSR count). The van der Waals surface area contributed by atoms with Crippen molar-refractivity contribution < 1.29 is 9.18 Å². The summed E-state index contributed by atoms with van der Waals surface area (Å²) in [6.07, 6.45) is 2.68. The number of halogens is 2. The summed E-state index contributed by atoms with van der Waals surface area (Å²) >= 11 is 0. The number of amides is 1. The Hall–Kier alpha value is -2.07. The van der Waals surface area contributed by atoms with Crippen LogP contribution in [0.25, 0.3) is 0 Å². The molecule has 0 aliphatic carbocycles. The van der Waals surface area contributed by atoms with Crippen LogP contribution in [-0.4, -0.2) is 19.0 Å². The molecule has 3 nitrogen and oxygen atoms in total. The van der Waals surface area contributed by atoms with Gasteiger partial charge in [-0.25, -0.2) is 4.39 Å². The molecular formula is C19H22ClFN2O. The minimum Gasteiger partial charge on any atom is -0.385 e. The summed E-state index contributed by atoms with van der Waals surface area (Å²) in [7, 11) is 0. The Morgan fingerprint density at radius 2 is 2.12 bits per heavy atom. The third kappa shape index (κ3) is 4.06. The van der Waals surface area contributed by atoms with Gasteiger partial charge in [0.2, 0.25) is 0 Å². The largest absolute Gasteiger partial charge is 0.385 e. The molecule has 1 heterocycles. The van der Waals surface area contributed by atoms with Gasteiger partial charge in [0.15, 0.2) is 0 Å². The van der Waals surface area contributed by atoms with Crippen molar-refractivity contribution in [3.05, 3.63) is 64.5 Å². The zero-order valence-electron chi connectivity index (χ0n) is 13.7. The van der Waals surface area contributed by atoms with Crippen molar-refractivity contribution in [1.82, 2.24) is 5.32 Å². The van der Waals surface area contributed by atoms with E-state index in [1.54, 1.807) is 6.07 Å². The molecular weight excluding hydrogens is 327 g/mol. The summed E-state index contributed by atoms with van der Waals surface area (Å²) in [5.41, 5.74) is 4.90. The highest BCUT2D eigenvalue weighted by molar-refractivity contribution is 5.97. The summed E-state index contributed by atoms with van der Waals surface area (Å²) in [5.74, 6) is -0.260. The second-order valence-electron chi connectivity index (χ2n) is 5.94. The third-order valence-electron chi connectivity index (χ3n) is 4.32. The number of hydrogen-bond donors (Lipinski definition) is 2. The lowest BCUT2D eigenvalue weighted by atomic mass is 9.97. The minimum atomic E-state index is -0.223. The molecule has 0 fully saturated rings. The average Bonchev–Trinajstić information content (AvgIpc) is 2.56. The molecule has 5 heteroatoms. The van der Waals surface area contributed by atoms with Crippen LogP contribution in [0.3, 0.4) is 0 Å². The van der Waals surface area contributed by atoms with Crippen molar-refractivity contribution in [2.24, 2.45) is 0 Å². The SMILES string of the molecule is Cc1cc(F)ccc1CCNC(=O)c1cccc2c1CCCN2.Cl. The molecule has 128 valence electrons. The summed E-state index contributed by atoms with van der Waals surface area (Å²) < 4.78 is 13.1. The fourth-order valence-electron chi connectivity index (χ4n) is 3.07. The Balaban J connectivity index is 0.00000208. The van der Waals surface area contributed by atoms with Crippen LogP contribution in [0.1, 0.15) is 33.5 Å². The van der Waals surface area contributed by atoms with Gasteiger partial charge < -0.3 is 10.6 Å². The Morgan fingerprint density at radius 1 is 1.29 bits per heavy atom. The normalized spacial score (nSPS) is 12.6. The van der Waals surface area contributed by atoms with Crippen molar-refractivity contribution in [1.29, 1.82) is 0 Å². The molecule has 2 N–H and O–H groups in total. The van der Waals surface area contributed by atoms with Crippen LogP contribution in [0, 0.1) is 12.7 Å². The first-order valence-electron chi connectivity index (χ1n) is 8.04. The van der Waals surface area contributed by atoms with Gasteiger partial charge in [-0.15, -0.1) is 12.4 Å². The van der Waals surface area contributed by atoms with Crippen molar-refractivity contribution in [2.45, 2.75) is 26.2 Å². The van der Waals surface area contributed by atoms with E-state index in [2.05, 4.69) is 10.6 Å². The lowest BCUT2D eigenvalue weighted by Crippen LogP contribution is -2.28. The standard InChI is InChI=1S/C19H21FN2O.ClH/c1-13-12-15(20)8-7-14(13)9-11-22-19(23)17-4-2-6-18-16(17)5-3-10-21-18;/h2,4,6-8,12,21H,3,5,9-11H2,1H3,(H,22,23);1H. The minimum absolute atomic E-state index is 0. The molecule has 0 spiro atoms. The smallest absolute Gasteiger partial charge is 0.251 e. The van der Waals surface area contributed by atoms with Crippen molar-refractivity contribution in [3.63, 3.8) is 0 Å². The number of anilines is 1. The van der Waals surface area contributed by atoms with Gasteiger partial charge in [-0.2, -0.15) is 0 Å². The number of carbonyl (C=O) groups is 1. The van der Waals surface area contributed by atoms with Crippen LogP contribution in [-0.2, 0) is 12.8 Å². The quantitative estimate of drug-likeness (QED) is 0.880. The molecule has 0 atom stereocenters. The van der Waals surface area contributed by atoms with E-state index in [1.165, 1.54) is 12.1 Å². The highest BCUT2D eigenvalue weighted by Crippen LogP contribution is 2.25. The van der Waals surface area contributed by atoms with Crippen LogP contribution < -0.4 is 10.6 Å². The Labute approximate surface area is 148 Å². The van der Waals surface area contributed by atoms with Crippen LogP contribution >= 0.6 is 12.4 Å². The number of aryl methyl sites for hydroxylation is 1. The van der Waals surface area contributed by atoms with Gasteiger partial charge in [0.25, 0.3) is 5.91 Å². The third-order valence-corrected chi connectivity index (χ3v) is 4.32. The second kappa shape index (κ2) is 8.15. The molecule has 0 saturated heterocycles. The molecule has 0 aromatic heterocycles. The fourth-order valence-corrected chi connectivity index (χ4v) is 3.07. The van der Waals surface area contributed by atoms with E-state index in [0.717, 1.165) is 47.3 Å². The van der Waals surface area contributed by atoms with E-state index >= 15 is 0 Å². The summed E-state index contributed by atoms with van der Waals surface area (Å²) in [6, 6.07) is 10.6. The van der Waals surface area contributed by atoms with Crippen molar-refractivity contribution >= 4 is 24.0 Å². The van der Waals surface area contributed by atoms with E-state index in [9.17, 15) is 9.18 Å². The second-order valence-corrected chi connectivity index (χ2v) is 5.94. The van der Waals surface area contributed by atoms with Crippen molar-refractivity contribution in [2.75, 3.05) is 18.4 Å². The van der Waals surface area contributed by atoms with Crippen LogP contribution in [0.2, 0.25) is 0 Å². The maximum atomic E-state index is 13.1. The number of fused-ring (bicyclic) bond motifs is 1. The molecule has 1 amide bonds. The molecule has 0 radical (unpaired) electrons. The lowest BCUT2D eigenvalue weighted by Gasteiger charge is -2.20. The van der Waals surface area contributed by atoms with E-state index in [1.807, 2.05) is 25.1 Å². The first kappa shape index (κ1) is 18.3. The molecule has 1 aliphatic rings. The maximum Gasteiger partial charge on any atom is 0.251 e. The molecule has 0 saturated carbocycles. The molecule has 24 heavy (non-hydrogen) atoms. The van der Waals surface area contributed by atoms with Crippen LogP contribution in [0.5, 0.6) is 0 Å². The summed E-state index contributed by atoms with van der Waals surface area (Å²) in [6.45, 7) is 3.39. The van der Waals surface area contributed by atoms with E-state index in [4.69, 9.17) is 0 Å². The molecule has 0 unspecified atom stereocenters. The first-order chi connectivity index (χ1) is 11.1. The predicted octanol–water partition coefficient (Wildman–Crippen LogP) is 3.89. The number of hydrogen-bond acceptors (Lipinski definition) is 2. The summed E-state index contributed by atoms with van der Waals surface area (Å²) in [4.78, 5) is 12.4. The number of nitrogens with one attached hydrogen (secondary N) is 2. The number of carbonyl (C=O) groups excluding carboxylic acids is 1. The van der Waals surface area contributed by atoms with Gasteiger partial charge in [0.05, 0.1) is 0 Å². The van der Waals surface area contributed by atoms with E-state index in [0.29, 0.717) is 13.0 Å². The Morgan fingerprint density at radius 3 is 2.92 bits per heavy atom. The van der Waals surface area contributed by atoms with Gasteiger partial charge in [-0.3, -0.25) is 4.79 Å². The lowest BCUT2D eigenvalue weighted by molar-refractivity contribution is 0.0953. The van der Waals surface area contributed by atoms with E-state index in [-0.39, 0.29) is 24.1 Å². The zero-order chi connectivity index (χ0) is 16.2. The maximum absolute atomic E-state index is 13.1. The Kier molecular flexibility index (Phi) is 6.21. The Bertz CT molecular complexity index is 733. The van der Waals surface area contributed by atoms with E-state index < -0.39 is 0 Å². The van der Waals surface area contributed by atoms with Gasteiger partial charge in [0, 0.05) is 24.3 Å². The average molecular weight is 349 g/mol. The molecule has 2 aromatic carbocycles. The predicted molar refractivity (Wildman–Crippen MR) is 97.7 cm³/mol. The monoisotopic (exact) mass is 348 g/mol. The van der Waals surface area contributed by atoms with Gasteiger partial charge >= 0.3 is 0 Å². The van der Waals surface area contributed by atoms with Gasteiger partial charge in [0.1, 0.15) is 5.82 Å². The number of benzene rings is 2. The van der Waals surface area contributed by atoms with Gasteiger partial charge in [-0.1, -0.05) is 12.1 Å². The van der Waals surface area contributed by atoms with Gasteiger partial charge in [-0.05, 0) is 67.1 Å². The van der Waals surface area contributed by atoms with Crippen molar-refractivity contribution in [3.8, 4) is 0 Å². The summed E-state index contributed by atoms with van der Waals surface area (Å²) in [5, 5.41) is 6.32. The number of rotatable bonds is 4. The zero-order valence-corrected chi connectivity index (χ0v) is 14.5. The van der Waals surface area contributed by atoms with Crippen LogP contribution in [0.15, 0.2) is 36.4 Å². The topological polar surface area (TPSA) is 41.1 Å².